The van der Waals surface area contributed by atoms with Gasteiger partial charge in [-0.3, -0.25) is 4.79 Å². The first kappa shape index (κ1) is 19.8. The second kappa shape index (κ2) is 9.85. The lowest BCUT2D eigenvalue weighted by molar-refractivity contribution is -0.122. The number of hydrogen-bond donors (Lipinski definition) is 2. The normalized spacial score (nSPS) is 18.0. The lowest BCUT2D eigenvalue weighted by Crippen LogP contribution is -2.41. The van der Waals surface area contributed by atoms with Gasteiger partial charge in [-0.25, -0.2) is 0 Å². The van der Waals surface area contributed by atoms with Gasteiger partial charge in [0.1, 0.15) is 0 Å². The van der Waals surface area contributed by atoms with Gasteiger partial charge < -0.3 is 10.6 Å². The van der Waals surface area contributed by atoms with Crippen molar-refractivity contribution in [2.24, 2.45) is 0 Å². The van der Waals surface area contributed by atoms with Gasteiger partial charge >= 0.3 is 0 Å². The molecular weight excluding hydrogens is 352 g/mol. The lowest BCUT2D eigenvalue weighted by atomic mass is 10.0. The molecule has 0 aliphatic carbocycles. The van der Waals surface area contributed by atoms with Crippen molar-refractivity contribution in [2.45, 2.75) is 25.4 Å². The summed E-state index contributed by atoms with van der Waals surface area (Å²) in [6, 6.07) is 19.1. The molecule has 1 aliphatic heterocycles. The van der Waals surface area contributed by atoms with Crippen molar-refractivity contribution in [3.63, 3.8) is 0 Å². The average Bonchev–Trinajstić information content (AvgIpc) is 2.63. The molecule has 0 radical (unpaired) electrons. The molecule has 3 nitrogen and oxygen atoms in total. The molecule has 3 rings (SSSR count). The quantitative estimate of drug-likeness (QED) is 0.827. The van der Waals surface area contributed by atoms with E-state index in [0.29, 0.717) is 12.5 Å². The van der Waals surface area contributed by atoms with Crippen LogP contribution in [-0.4, -0.2) is 30.0 Å². The van der Waals surface area contributed by atoms with Gasteiger partial charge in [0.25, 0.3) is 0 Å². The minimum Gasteiger partial charge on any atom is -0.350 e. The zero-order valence-electron chi connectivity index (χ0n) is 14.4. The van der Waals surface area contributed by atoms with E-state index in [4.69, 9.17) is 0 Å². The second-order valence-electron chi connectivity index (χ2n) is 6.21. The summed E-state index contributed by atoms with van der Waals surface area (Å²) in [4.78, 5) is 12.2. The van der Waals surface area contributed by atoms with Gasteiger partial charge in [-0.1, -0.05) is 54.6 Å². The molecule has 2 aromatic carbocycles. The van der Waals surface area contributed by atoms with Crippen molar-refractivity contribution in [1.29, 1.82) is 0 Å². The molecule has 5 heteroatoms. The zero-order chi connectivity index (χ0) is 16.8. The number of carbonyl (C=O) groups is 1. The van der Waals surface area contributed by atoms with Crippen LogP contribution in [-0.2, 0) is 4.79 Å². The van der Waals surface area contributed by atoms with Crippen LogP contribution in [0, 0.1) is 0 Å². The highest BCUT2D eigenvalue weighted by Crippen LogP contribution is 2.22. The molecule has 25 heavy (non-hydrogen) atoms. The largest absolute Gasteiger partial charge is 0.350 e. The van der Waals surface area contributed by atoms with Crippen LogP contribution in [0.3, 0.4) is 0 Å². The Labute approximate surface area is 160 Å². The van der Waals surface area contributed by atoms with Crippen LogP contribution in [0.1, 0.15) is 24.9 Å². The second-order valence-corrected chi connectivity index (χ2v) is 7.36. The summed E-state index contributed by atoms with van der Waals surface area (Å²) in [5, 5.41) is 6.52. The van der Waals surface area contributed by atoms with Gasteiger partial charge in [-0.05, 0) is 23.6 Å². The van der Waals surface area contributed by atoms with Crippen LogP contribution in [0.4, 0.5) is 0 Å². The fraction of sp³-hybridized carbons (Fsp3) is 0.350. The number of benzene rings is 2. The molecule has 134 valence electrons. The Balaban J connectivity index is 0.00000225. The Morgan fingerprint density at radius 2 is 1.84 bits per heavy atom. The Morgan fingerprint density at radius 3 is 2.48 bits per heavy atom. The number of thioether (sulfide) groups is 1. The van der Waals surface area contributed by atoms with E-state index in [2.05, 4.69) is 47.0 Å². The Kier molecular flexibility index (Phi) is 7.82. The van der Waals surface area contributed by atoms with Gasteiger partial charge in [-0.15, -0.1) is 12.4 Å². The van der Waals surface area contributed by atoms with Crippen LogP contribution in [0.25, 0.3) is 11.1 Å². The average molecular weight is 377 g/mol. The van der Waals surface area contributed by atoms with Crippen molar-refractivity contribution >= 4 is 30.1 Å². The van der Waals surface area contributed by atoms with Crippen molar-refractivity contribution < 1.29 is 4.79 Å². The Hall–Kier alpha value is -1.49. The molecule has 1 aliphatic rings. The molecular formula is C20H25ClN2OS. The molecule has 2 N–H and O–H groups in total. The number of rotatable bonds is 5. The smallest absolute Gasteiger partial charge is 0.222 e. The first-order valence-corrected chi connectivity index (χ1v) is 9.64. The molecule has 2 unspecified atom stereocenters. The minimum atomic E-state index is 0. The van der Waals surface area contributed by atoms with Crippen molar-refractivity contribution in [1.82, 2.24) is 10.6 Å². The molecule has 2 aromatic rings. The van der Waals surface area contributed by atoms with Crippen LogP contribution in [0.5, 0.6) is 0 Å². The predicted molar refractivity (Wildman–Crippen MR) is 109 cm³/mol. The Morgan fingerprint density at radius 1 is 1.16 bits per heavy atom. The van der Waals surface area contributed by atoms with Crippen LogP contribution < -0.4 is 10.6 Å². The molecule has 1 heterocycles. The molecule has 0 saturated carbocycles. The maximum Gasteiger partial charge on any atom is 0.222 e. The van der Waals surface area contributed by atoms with Crippen molar-refractivity contribution in [3.05, 3.63) is 60.2 Å². The summed E-state index contributed by atoms with van der Waals surface area (Å²) in [7, 11) is 0. The highest BCUT2D eigenvalue weighted by atomic mass is 35.5. The number of hydrogen-bond acceptors (Lipinski definition) is 3. The number of amides is 1. The third-order valence-electron chi connectivity index (χ3n) is 4.33. The van der Waals surface area contributed by atoms with Crippen LogP contribution in [0.15, 0.2) is 54.6 Å². The molecule has 1 saturated heterocycles. The van der Waals surface area contributed by atoms with Gasteiger partial charge in [0, 0.05) is 30.5 Å². The summed E-state index contributed by atoms with van der Waals surface area (Å²) in [5.41, 5.74) is 3.54. The van der Waals surface area contributed by atoms with E-state index in [-0.39, 0.29) is 24.4 Å². The highest BCUT2D eigenvalue weighted by molar-refractivity contribution is 7.99. The highest BCUT2D eigenvalue weighted by Gasteiger charge is 2.18. The molecule has 0 bridgehead atoms. The van der Waals surface area contributed by atoms with E-state index in [0.717, 1.165) is 23.6 Å². The molecule has 2 atom stereocenters. The molecule has 1 fully saturated rings. The summed E-state index contributed by atoms with van der Waals surface area (Å²) < 4.78 is 0. The number of carbonyl (C=O) groups excluding carboxylic acids is 1. The standard InChI is InChI=1S/C20H24N2OS.ClH/c1-15(22-20(23)13-19-14-24-12-11-21-19)16-7-9-18(10-8-16)17-5-3-2-4-6-17;/h2-10,15,19,21H,11-14H2,1H3,(H,22,23);1H. The third kappa shape index (κ3) is 5.77. The van der Waals surface area contributed by atoms with Gasteiger partial charge in [0.05, 0.1) is 6.04 Å². The zero-order valence-corrected chi connectivity index (χ0v) is 16.0. The topological polar surface area (TPSA) is 41.1 Å². The monoisotopic (exact) mass is 376 g/mol. The van der Waals surface area contributed by atoms with Gasteiger partial charge in [0.2, 0.25) is 5.91 Å². The fourth-order valence-electron chi connectivity index (χ4n) is 2.95. The van der Waals surface area contributed by atoms with Crippen LogP contribution in [0.2, 0.25) is 0 Å². The van der Waals surface area contributed by atoms with E-state index in [9.17, 15) is 4.79 Å². The molecule has 1 amide bonds. The predicted octanol–water partition coefficient (Wildman–Crippen LogP) is 4.05. The fourth-order valence-corrected chi connectivity index (χ4v) is 3.90. The number of halogens is 1. The first-order valence-electron chi connectivity index (χ1n) is 8.48. The van der Waals surface area contributed by atoms with Crippen molar-refractivity contribution in [3.8, 4) is 11.1 Å². The maximum absolute atomic E-state index is 12.2. The lowest BCUT2D eigenvalue weighted by Gasteiger charge is -2.23. The Bertz CT molecular complexity index is 657. The maximum atomic E-state index is 12.2. The van der Waals surface area contributed by atoms with E-state index in [1.165, 1.54) is 11.1 Å². The van der Waals surface area contributed by atoms with Crippen molar-refractivity contribution in [2.75, 3.05) is 18.1 Å². The van der Waals surface area contributed by atoms with E-state index in [1.54, 1.807) is 0 Å². The van der Waals surface area contributed by atoms with E-state index >= 15 is 0 Å². The van der Waals surface area contributed by atoms with E-state index < -0.39 is 0 Å². The van der Waals surface area contributed by atoms with Crippen LogP contribution >= 0.6 is 24.2 Å². The van der Waals surface area contributed by atoms with Gasteiger partial charge in [-0.2, -0.15) is 11.8 Å². The number of nitrogens with one attached hydrogen (secondary N) is 2. The first-order chi connectivity index (χ1) is 11.7. The summed E-state index contributed by atoms with van der Waals surface area (Å²) in [5.74, 6) is 2.28. The summed E-state index contributed by atoms with van der Waals surface area (Å²) >= 11 is 1.92. The summed E-state index contributed by atoms with van der Waals surface area (Å²) in [6.45, 7) is 3.04. The molecule has 0 aromatic heterocycles. The SMILES string of the molecule is CC(NC(=O)CC1CSCCN1)c1ccc(-c2ccccc2)cc1.Cl. The third-order valence-corrected chi connectivity index (χ3v) is 5.46. The minimum absolute atomic E-state index is 0. The van der Waals surface area contributed by atoms with Gasteiger partial charge in [0.15, 0.2) is 0 Å². The van der Waals surface area contributed by atoms with E-state index in [1.807, 2.05) is 36.9 Å². The molecule has 0 spiro atoms. The summed E-state index contributed by atoms with van der Waals surface area (Å²) in [6.07, 6.45) is 0.555.